The highest BCUT2D eigenvalue weighted by Gasteiger charge is 2.55. The second kappa shape index (κ2) is 5.09. The summed E-state index contributed by atoms with van der Waals surface area (Å²) in [5.74, 6) is 0. The third-order valence-corrected chi connectivity index (χ3v) is 7.46. The Balaban J connectivity index is 5.25. The van der Waals surface area contributed by atoms with Crippen LogP contribution in [0.4, 0.5) is 0 Å². The molecule has 6 nitrogen and oxygen atoms in total. The van der Waals surface area contributed by atoms with Crippen molar-refractivity contribution in [2.75, 3.05) is 13.2 Å². The topological polar surface area (TPSA) is 93.1 Å². The molecule has 2 N–H and O–H groups in total. The van der Waals surface area contributed by atoms with Crippen LogP contribution in [0.3, 0.4) is 0 Å². The van der Waals surface area contributed by atoms with E-state index in [1.807, 2.05) is 0 Å². The largest absolute Gasteiger partial charge is 0.348 e. The highest BCUT2D eigenvalue weighted by molar-refractivity contribution is 7.73. The lowest BCUT2D eigenvalue weighted by atomic mass is 10.5. The van der Waals surface area contributed by atoms with Crippen LogP contribution in [0.2, 0.25) is 0 Å². The van der Waals surface area contributed by atoms with E-state index in [1.165, 1.54) is 13.8 Å². The summed E-state index contributed by atoms with van der Waals surface area (Å²) < 4.78 is 33.2. The summed E-state index contributed by atoms with van der Waals surface area (Å²) in [5, 5.41) is 0. The summed E-state index contributed by atoms with van der Waals surface area (Å²) in [7, 11) is -8.37. The zero-order valence-corrected chi connectivity index (χ0v) is 11.1. The highest BCUT2D eigenvalue weighted by atomic mass is 31.2. The molecule has 0 aromatic rings. The second-order valence-corrected chi connectivity index (χ2v) is 8.56. The number of hydrogen-bond donors (Lipinski definition) is 2. The van der Waals surface area contributed by atoms with Crippen LogP contribution in [-0.4, -0.2) is 27.9 Å². The molecule has 0 saturated carbocycles. The van der Waals surface area contributed by atoms with Crippen LogP contribution in [0.5, 0.6) is 0 Å². The zero-order valence-electron chi connectivity index (χ0n) is 9.34. The Labute approximate surface area is 89.7 Å². The van der Waals surface area contributed by atoms with Crippen molar-refractivity contribution in [3.63, 3.8) is 0 Å². The van der Waals surface area contributed by atoms with Gasteiger partial charge < -0.3 is 18.8 Å². The van der Waals surface area contributed by atoms with Crippen LogP contribution in [0, 0.1) is 0 Å². The third kappa shape index (κ3) is 3.13. The van der Waals surface area contributed by atoms with E-state index in [-0.39, 0.29) is 13.2 Å². The smallest absolute Gasteiger partial charge is 0.324 e. The fourth-order valence-corrected chi connectivity index (χ4v) is 3.86. The molecule has 0 aliphatic heterocycles. The first-order valence-electron chi connectivity index (χ1n) is 4.57. The molecule has 8 heteroatoms. The Morgan fingerprint density at radius 1 is 1.07 bits per heavy atom. The van der Waals surface area contributed by atoms with Crippen LogP contribution in [0.25, 0.3) is 0 Å². The first kappa shape index (κ1) is 15.3. The number of hydrogen-bond acceptors (Lipinski definition) is 4. The average Bonchev–Trinajstić information content (AvgIpc) is 2.02. The lowest BCUT2D eigenvalue weighted by Gasteiger charge is -2.32. The molecule has 0 radical (unpaired) electrons. The minimum absolute atomic E-state index is 0.0701. The van der Waals surface area contributed by atoms with Gasteiger partial charge in [-0.2, -0.15) is 0 Å². The van der Waals surface area contributed by atoms with Gasteiger partial charge in [0.25, 0.3) is 0 Å². The van der Waals surface area contributed by atoms with Gasteiger partial charge >= 0.3 is 15.2 Å². The zero-order chi connectivity index (χ0) is 12.3. The van der Waals surface area contributed by atoms with Crippen molar-refractivity contribution >= 4 is 15.2 Å². The van der Waals surface area contributed by atoms with Gasteiger partial charge in [0.2, 0.25) is 0 Å². The molecular formula is C7H18O6P2. The molecule has 0 fully saturated rings. The van der Waals surface area contributed by atoms with Gasteiger partial charge in [0.05, 0.1) is 13.2 Å². The molecule has 0 aromatic carbocycles. The van der Waals surface area contributed by atoms with Gasteiger partial charge in [-0.1, -0.05) is 0 Å². The van der Waals surface area contributed by atoms with Crippen molar-refractivity contribution in [3.05, 3.63) is 0 Å². The van der Waals surface area contributed by atoms with Gasteiger partial charge in [-0.25, -0.2) is 0 Å². The van der Waals surface area contributed by atoms with E-state index in [9.17, 15) is 9.13 Å². The first-order chi connectivity index (χ1) is 6.62. The predicted octanol–water partition coefficient (Wildman–Crippen LogP) is 2.17. The summed E-state index contributed by atoms with van der Waals surface area (Å²) in [6.45, 7) is 5.67. The Kier molecular flexibility index (Phi) is 5.19. The molecule has 0 amide bonds. The Bertz CT molecular complexity index is 284. The van der Waals surface area contributed by atoms with E-state index in [0.717, 1.165) is 0 Å². The Hall–Kier alpha value is 0.300. The van der Waals surface area contributed by atoms with Crippen molar-refractivity contribution in [3.8, 4) is 0 Å². The minimum atomic E-state index is -4.56. The Morgan fingerprint density at radius 3 is 1.60 bits per heavy atom. The van der Waals surface area contributed by atoms with E-state index >= 15 is 0 Å². The van der Waals surface area contributed by atoms with Crippen LogP contribution >= 0.6 is 15.2 Å². The van der Waals surface area contributed by atoms with Crippen molar-refractivity contribution < 1.29 is 28.0 Å². The molecule has 15 heavy (non-hydrogen) atoms. The van der Waals surface area contributed by atoms with Crippen molar-refractivity contribution in [2.45, 2.75) is 32.6 Å². The normalized spacial score (nSPS) is 14.3. The average molecular weight is 260 g/mol. The second-order valence-electron chi connectivity index (χ2n) is 3.37. The van der Waals surface area contributed by atoms with Gasteiger partial charge in [0.1, 0.15) is 0 Å². The van der Waals surface area contributed by atoms with E-state index in [0.29, 0.717) is 0 Å². The van der Waals surface area contributed by atoms with Crippen LogP contribution in [0.1, 0.15) is 27.7 Å². The van der Waals surface area contributed by atoms with E-state index in [1.54, 1.807) is 13.8 Å². The molecule has 0 atom stereocenters. The summed E-state index contributed by atoms with van der Waals surface area (Å²) in [4.78, 5) is 16.4. The van der Waals surface area contributed by atoms with Gasteiger partial charge in [-0.3, -0.25) is 9.13 Å². The minimum Gasteiger partial charge on any atom is -0.324 e. The van der Waals surface area contributed by atoms with Gasteiger partial charge in [-0.15, -0.1) is 0 Å². The molecule has 0 rings (SSSR count). The maximum absolute atomic E-state index is 12.1. The highest BCUT2D eigenvalue weighted by Crippen LogP contribution is 2.73. The molecule has 0 aliphatic rings. The number of rotatable bonds is 6. The van der Waals surface area contributed by atoms with Gasteiger partial charge in [-0.05, 0) is 27.7 Å². The molecular weight excluding hydrogens is 242 g/mol. The van der Waals surface area contributed by atoms with Gasteiger partial charge in [0, 0.05) is 0 Å². The fraction of sp³-hybridized carbons (Fsp3) is 1.00. The van der Waals surface area contributed by atoms with E-state index < -0.39 is 20.1 Å². The first-order valence-corrected chi connectivity index (χ1v) is 7.72. The molecule has 0 saturated heterocycles. The summed E-state index contributed by atoms with van der Waals surface area (Å²) >= 11 is 0. The van der Waals surface area contributed by atoms with Crippen molar-refractivity contribution in [1.29, 1.82) is 0 Å². The summed E-state index contributed by atoms with van der Waals surface area (Å²) in [6, 6.07) is 0. The predicted molar refractivity (Wildman–Crippen MR) is 57.0 cm³/mol. The molecule has 0 aliphatic carbocycles. The lowest BCUT2D eigenvalue weighted by Crippen LogP contribution is -2.23. The Morgan fingerprint density at radius 2 is 1.40 bits per heavy atom. The molecule has 0 bridgehead atoms. The van der Waals surface area contributed by atoms with Crippen LogP contribution in [0.15, 0.2) is 0 Å². The third-order valence-electron chi connectivity index (χ3n) is 1.98. The van der Waals surface area contributed by atoms with Crippen LogP contribution in [-0.2, 0) is 18.2 Å². The maximum atomic E-state index is 12.1. The molecule has 0 heterocycles. The maximum Gasteiger partial charge on any atom is 0.348 e. The van der Waals surface area contributed by atoms with E-state index in [4.69, 9.17) is 18.8 Å². The molecule has 0 spiro atoms. The summed E-state index contributed by atoms with van der Waals surface area (Å²) in [5.41, 5.74) is 0. The monoisotopic (exact) mass is 260 g/mol. The summed E-state index contributed by atoms with van der Waals surface area (Å²) in [6.07, 6.45) is 0. The van der Waals surface area contributed by atoms with Gasteiger partial charge in [0.15, 0.2) is 4.90 Å². The van der Waals surface area contributed by atoms with Crippen molar-refractivity contribution in [1.82, 2.24) is 0 Å². The van der Waals surface area contributed by atoms with Crippen molar-refractivity contribution in [2.24, 2.45) is 0 Å². The van der Waals surface area contributed by atoms with E-state index in [2.05, 4.69) is 0 Å². The quantitative estimate of drug-likeness (QED) is 0.711. The molecule has 0 unspecified atom stereocenters. The lowest BCUT2D eigenvalue weighted by molar-refractivity contribution is 0.205. The molecule has 0 aromatic heterocycles. The SMILES string of the molecule is CCOP(=O)(OCC)C(C)(C)P(=O)(O)O. The standard InChI is InChI=1S/C7H18O6P2/c1-5-12-15(11,13-6-2)7(3,4)14(8,9)10/h5-6H2,1-4H3,(H2,8,9,10). The molecule has 92 valence electrons. The fourth-order valence-electron chi connectivity index (χ4n) is 0.853. The van der Waals surface area contributed by atoms with Crippen LogP contribution < -0.4 is 0 Å².